The molecule has 1 fully saturated rings. The third-order valence-electron chi connectivity index (χ3n) is 3.96. The molecule has 120 valence electrons. The molecular formula is C18H17BrFNO2. The van der Waals surface area contributed by atoms with E-state index in [4.69, 9.17) is 4.74 Å². The van der Waals surface area contributed by atoms with Gasteiger partial charge in [-0.3, -0.25) is 0 Å². The predicted molar refractivity (Wildman–Crippen MR) is 89.4 cm³/mol. The topological polar surface area (TPSA) is 29.5 Å². The van der Waals surface area contributed by atoms with Crippen LogP contribution in [0.25, 0.3) is 0 Å². The van der Waals surface area contributed by atoms with Crippen LogP contribution in [0.1, 0.15) is 30.0 Å². The lowest BCUT2D eigenvalue weighted by Gasteiger charge is -2.24. The Morgan fingerprint density at radius 1 is 1.26 bits per heavy atom. The Kier molecular flexibility index (Phi) is 4.96. The van der Waals surface area contributed by atoms with Gasteiger partial charge in [-0.1, -0.05) is 46.3 Å². The van der Waals surface area contributed by atoms with Crippen molar-refractivity contribution in [3.05, 3.63) is 69.9 Å². The lowest BCUT2D eigenvalue weighted by molar-refractivity contribution is 0.0920. The third-order valence-corrected chi connectivity index (χ3v) is 4.42. The number of benzene rings is 2. The van der Waals surface area contributed by atoms with Gasteiger partial charge in [0.05, 0.1) is 6.04 Å². The van der Waals surface area contributed by atoms with Gasteiger partial charge in [0, 0.05) is 11.0 Å². The summed E-state index contributed by atoms with van der Waals surface area (Å²) in [5.74, 6) is -0.307. The van der Waals surface area contributed by atoms with E-state index in [2.05, 4.69) is 15.9 Å². The molecule has 5 heteroatoms. The Morgan fingerprint density at radius 3 is 2.78 bits per heavy atom. The number of hydrogen-bond acceptors (Lipinski definition) is 2. The van der Waals surface area contributed by atoms with E-state index in [0.717, 1.165) is 24.0 Å². The van der Waals surface area contributed by atoms with Crippen molar-refractivity contribution in [2.45, 2.75) is 25.5 Å². The standard InChI is InChI=1S/C18H17BrFNO2/c19-15-9-14(10-16(20)11-15)17-7-4-8-21(17)18(22)23-12-13-5-2-1-3-6-13/h1-3,5-6,9-11,17H,4,7-8,12H2. The summed E-state index contributed by atoms with van der Waals surface area (Å²) in [6.45, 7) is 0.877. The largest absolute Gasteiger partial charge is 0.445 e. The highest BCUT2D eigenvalue weighted by Gasteiger charge is 2.31. The van der Waals surface area contributed by atoms with Crippen molar-refractivity contribution in [1.29, 1.82) is 0 Å². The molecule has 0 N–H and O–H groups in total. The smallest absolute Gasteiger partial charge is 0.410 e. The van der Waals surface area contributed by atoms with Gasteiger partial charge in [0.2, 0.25) is 0 Å². The van der Waals surface area contributed by atoms with Gasteiger partial charge in [-0.2, -0.15) is 0 Å². The monoisotopic (exact) mass is 377 g/mol. The Balaban J connectivity index is 1.69. The summed E-state index contributed by atoms with van der Waals surface area (Å²) in [6, 6.07) is 14.2. The van der Waals surface area contributed by atoms with E-state index in [1.807, 2.05) is 36.4 Å². The van der Waals surface area contributed by atoms with Crippen LogP contribution < -0.4 is 0 Å². The van der Waals surface area contributed by atoms with E-state index in [1.54, 1.807) is 4.90 Å². The first-order chi connectivity index (χ1) is 11.1. The molecule has 3 rings (SSSR count). The molecule has 1 unspecified atom stereocenters. The minimum absolute atomic E-state index is 0.134. The van der Waals surface area contributed by atoms with Crippen LogP contribution in [0.2, 0.25) is 0 Å². The summed E-state index contributed by atoms with van der Waals surface area (Å²) in [4.78, 5) is 14.1. The van der Waals surface area contributed by atoms with Crippen LogP contribution in [0, 0.1) is 5.82 Å². The van der Waals surface area contributed by atoms with Gasteiger partial charge in [0.15, 0.2) is 0 Å². The second-order valence-corrected chi connectivity index (χ2v) is 6.51. The molecule has 2 aromatic rings. The predicted octanol–water partition coefficient (Wildman–Crippen LogP) is 5.06. The molecule has 1 amide bonds. The number of hydrogen-bond donors (Lipinski definition) is 0. The Bertz CT molecular complexity index is 672. The van der Waals surface area contributed by atoms with E-state index in [1.165, 1.54) is 12.1 Å². The molecule has 0 aromatic heterocycles. The molecule has 0 spiro atoms. The van der Waals surface area contributed by atoms with Gasteiger partial charge in [0.1, 0.15) is 12.4 Å². The third kappa shape index (κ3) is 3.91. The lowest BCUT2D eigenvalue weighted by atomic mass is 10.0. The number of carbonyl (C=O) groups is 1. The van der Waals surface area contributed by atoms with Crippen molar-refractivity contribution in [1.82, 2.24) is 4.90 Å². The van der Waals surface area contributed by atoms with E-state index >= 15 is 0 Å². The van der Waals surface area contributed by atoms with Crippen molar-refractivity contribution in [3.8, 4) is 0 Å². The van der Waals surface area contributed by atoms with E-state index < -0.39 is 0 Å². The molecule has 1 atom stereocenters. The Labute approximate surface area is 143 Å². The van der Waals surface area contributed by atoms with Gasteiger partial charge in [-0.25, -0.2) is 9.18 Å². The molecule has 0 aliphatic carbocycles. The van der Waals surface area contributed by atoms with Crippen LogP contribution in [0.15, 0.2) is 53.0 Å². The van der Waals surface area contributed by atoms with Crippen LogP contribution >= 0.6 is 15.9 Å². The van der Waals surface area contributed by atoms with Crippen molar-refractivity contribution >= 4 is 22.0 Å². The number of likely N-dealkylation sites (tertiary alicyclic amines) is 1. The van der Waals surface area contributed by atoms with Crippen molar-refractivity contribution in [2.75, 3.05) is 6.54 Å². The summed E-state index contributed by atoms with van der Waals surface area (Å²) < 4.78 is 19.7. The molecule has 3 nitrogen and oxygen atoms in total. The highest BCUT2D eigenvalue weighted by atomic mass is 79.9. The zero-order valence-corrected chi connectivity index (χ0v) is 14.1. The molecule has 1 aliphatic rings. The average molecular weight is 378 g/mol. The van der Waals surface area contributed by atoms with Crippen LogP contribution in [-0.2, 0) is 11.3 Å². The molecule has 23 heavy (non-hydrogen) atoms. The minimum atomic E-state index is -0.350. The fraction of sp³-hybridized carbons (Fsp3) is 0.278. The highest BCUT2D eigenvalue weighted by molar-refractivity contribution is 9.10. The minimum Gasteiger partial charge on any atom is -0.445 e. The zero-order valence-electron chi connectivity index (χ0n) is 12.5. The summed E-state index contributed by atoms with van der Waals surface area (Å²) in [7, 11) is 0. The molecule has 0 radical (unpaired) electrons. The summed E-state index contributed by atoms with van der Waals surface area (Å²) in [6.07, 6.45) is 1.35. The van der Waals surface area contributed by atoms with Crippen molar-refractivity contribution in [3.63, 3.8) is 0 Å². The van der Waals surface area contributed by atoms with Crippen LogP contribution in [-0.4, -0.2) is 17.5 Å². The molecule has 0 saturated carbocycles. The number of amides is 1. The lowest BCUT2D eigenvalue weighted by Crippen LogP contribution is -2.31. The molecule has 0 bridgehead atoms. The maximum Gasteiger partial charge on any atom is 0.410 e. The highest BCUT2D eigenvalue weighted by Crippen LogP contribution is 2.34. The average Bonchev–Trinajstić information content (AvgIpc) is 3.02. The van der Waals surface area contributed by atoms with E-state index in [0.29, 0.717) is 11.0 Å². The summed E-state index contributed by atoms with van der Waals surface area (Å²) in [5, 5.41) is 0. The van der Waals surface area contributed by atoms with Gasteiger partial charge in [-0.05, 0) is 42.2 Å². The van der Waals surface area contributed by atoms with Gasteiger partial charge in [-0.15, -0.1) is 0 Å². The van der Waals surface area contributed by atoms with Crippen molar-refractivity contribution in [2.24, 2.45) is 0 Å². The Hall–Kier alpha value is -1.88. The number of ether oxygens (including phenoxy) is 1. The first-order valence-corrected chi connectivity index (χ1v) is 8.36. The van der Waals surface area contributed by atoms with Gasteiger partial charge < -0.3 is 9.64 Å². The fourth-order valence-electron chi connectivity index (χ4n) is 2.90. The molecule has 2 aromatic carbocycles. The quantitative estimate of drug-likeness (QED) is 0.747. The summed E-state index contributed by atoms with van der Waals surface area (Å²) in [5.41, 5.74) is 1.75. The molecular weight excluding hydrogens is 361 g/mol. The molecule has 1 saturated heterocycles. The van der Waals surface area contributed by atoms with Crippen LogP contribution in [0.4, 0.5) is 9.18 Å². The van der Waals surface area contributed by atoms with Crippen LogP contribution in [0.3, 0.4) is 0 Å². The number of halogens is 2. The van der Waals surface area contributed by atoms with Crippen LogP contribution in [0.5, 0.6) is 0 Å². The van der Waals surface area contributed by atoms with Gasteiger partial charge in [0.25, 0.3) is 0 Å². The number of rotatable bonds is 3. The number of carbonyl (C=O) groups excluding carboxylic acids is 1. The maximum absolute atomic E-state index is 13.6. The van der Waals surface area contributed by atoms with E-state index in [9.17, 15) is 9.18 Å². The first-order valence-electron chi connectivity index (χ1n) is 7.57. The fourth-order valence-corrected chi connectivity index (χ4v) is 3.38. The normalized spacial score (nSPS) is 17.3. The number of nitrogens with zero attached hydrogens (tertiary/aromatic N) is 1. The zero-order chi connectivity index (χ0) is 16.2. The summed E-state index contributed by atoms with van der Waals surface area (Å²) >= 11 is 3.30. The SMILES string of the molecule is O=C(OCc1ccccc1)N1CCCC1c1cc(F)cc(Br)c1. The second kappa shape index (κ2) is 7.13. The maximum atomic E-state index is 13.6. The van der Waals surface area contributed by atoms with E-state index in [-0.39, 0.29) is 24.6 Å². The Morgan fingerprint density at radius 2 is 2.04 bits per heavy atom. The van der Waals surface area contributed by atoms with Crippen molar-refractivity contribution < 1.29 is 13.9 Å². The second-order valence-electron chi connectivity index (χ2n) is 5.59. The first kappa shape index (κ1) is 16.0. The van der Waals surface area contributed by atoms with Gasteiger partial charge >= 0.3 is 6.09 Å². The molecule has 1 aliphatic heterocycles. The molecule has 1 heterocycles.